The molecule has 0 unspecified atom stereocenters. The Hall–Kier alpha value is -1.84. The molecule has 0 bridgehead atoms. The zero-order valence-corrected chi connectivity index (χ0v) is 12.6. The molecule has 1 aromatic rings. The van der Waals surface area contributed by atoms with Crippen LogP contribution in [-0.2, 0) is 9.59 Å². The van der Waals surface area contributed by atoms with Crippen molar-refractivity contribution in [1.29, 1.82) is 0 Å². The van der Waals surface area contributed by atoms with E-state index in [9.17, 15) is 9.59 Å². The van der Waals surface area contributed by atoms with Gasteiger partial charge in [-0.15, -0.1) is 0 Å². The Bertz CT molecular complexity index is 586. The molecule has 0 radical (unpaired) electrons. The molecule has 116 valence electrons. The van der Waals surface area contributed by atoms with Gasteiger partial charge in [0, 0.05) is 18.4 Å². The highest BCUT2D eigenvalue weighted by Gasteiger charge is 2.53. The van der Waals surface area contributed by atoms with Crippen LogP contribution >= 0.6 is 0 Å². The first-order valence-corrected chi connectivity index (χ1v) is 8.39. The van der Waals surface area contributed by atoms with Gasteiger partial charge < -0.3 is 10.6 Å². The van der Waals surface area contributed by atoms with Gasteiger partial charge in [-0.1, -0.05) is 36.8 Å². The number of hydrogen-bond acceptors (Lipinski definition) is 2. The molecule has 2 aliphatic carbocycles. The van der Waals surface area contributed by atoms with E-state index in [0.717, 1.165) is 0 Å². The van der Waals surface area contributed by atoms with E-state index >= 15 is 0 Å². The van der Waals surface area contributed by atoms with Crippen molar-refractivity contribution in [2.24, 2.45) is 11.8 Å². The molecule has 2 amide bonds. The number of rotatable bonds is 3. The zero-order chi connectivity index (χ0) is 15.1. The molecule has 0 aromatic heterocycles. The lowest BCUT2D eigenvalue weighted by Gasteiger charge is -2.50. The van der Waals surface area contributed by atoms with Gasteiger partial charge in [0.05, 0.1) is 0 Å². The van der Waals surface area contributed by atoms with Crippen molar-refractivity contribution >= 4 is 11.8 Å². The zero-order valence-electron chi connectivity index (χ0n) is 12.6. The van der Waals surface area contributed by atoms with Gasteiger partial charge in [0.15, 0.2) is 0 Å². The monoisotopic (exact) mass is 298 g/mol. The minimum Gasteiger partial charge on any atom is -0.351 e. The Morgan fingerprint density at radius 2 is 1.86 bits per heavy atom. The Morgan fingerprint density at radius 1 is 1.09 bits per heavy atom. The van der Waals surface area contributed by atoms with Crippen molar-refractivity contribution in [3.05, 3.63) is 35.9 Å². The summed E-state index contributed by atoms with van der Waals surface area (Å²) in [6.45, 7) is 0. The second kappa shape index (κ2) is 5.41. The Labute approximate surface area is 130 Å². The maximum absolute atomic E-state index is 12.4. The Kier molecular flexibility index (Phi) is 3.40. The molecule has 4 nitrogen and oxygen atoms in total. The van der Waals surface area contributed by atoms with Gasteiger partial charge in [0.2, 0.25) is 11.8 Å². The maximum atomic E-state index is 12.4. The summed E-state index contributed by atoms with van der Waals surface area (Å²) in [7, 11) is 0. The fourth-order valence-corrected chi connectivity index (χ4v) is 4.70. The van der Waals surface area contributed by atoms with Crippen molar-refractivity contribution in [2.45, 2.75) is 50.1 Å². The summed E-state index contributed by atoms with van der Waals surface area (Å²) in [5, 5.41) is 6.02. The standard InChI is InChI=1S/C18H22N2O2/c21-15-10-9-14(19-15)18(22)20-17-13-8-4-7-12(13)16(17)11-5-2-1-3-6-11/h1-3,5-6,12-14,16-17H,4,7-10H2,(H,19,21)(H,20,22)/t12-,13-,14-,16+,17-/m1/s1. The highest BCUT2D eigenvalue weighted by molar-refractivity contribution is 5.91. The van der Waals surface area contributed by atoms with E-state index in [2.05, 4.69) is 34.9 Å². The third-order valence-corrected chi connectivity index (χ3v) is 5.74. The molecule has 1 aliphatic heterocycles. The molecule has 2 saturated carbocycles. The lowest BCUT2D eigenvalue weighted by atomic mass is 9.59. The molecule has 2 N–H and O–H groups in total. The number of carbonyl (C=O) groups is 2. The quantitative estimate of drug-likeness (QED) is 0.896. The summed E-state index contributed by atoms with van der Waals surface area (Å²) in [5.41, 5.74) is 1.34. The fraction of sp³-hybridized carbons (Fsp3) is 0.556. The average molecular weight is 298 g/mol. The molecule has 5 atom stereocenters. The second-order valence-corrected chi connectivity index (χ2v) is 6.89. The summed E-state index contributed by atoms with van der Waals surface area (Å²) < 4.78 is 0. The van der Waals surface area contributed by atoms with Crippen LogP contribution in [0.25, 0.3) is 0 Å². The highest BCUT2D eigenvalue weighted by atomic mass is 16.2. The van der Waals surface area contributed by atoms with E-state index in [1.165, 1.54) is 24.8 Å². The summed E-state index contributed by atoms with van der Waals surface area (Å²) in [5.74, 6) is 1.76. The maximum Gasteiger partial charge on any atom is 0.242 e. The first-order valence-electron chi connectivity index (χ1n) is 8.39. The van der Waals surface area contributed by atoms with E-state index in [1.807, 2.05) is 6.07 Å². The van der Waals surface area contributed by atoms with Gasteiger partial charge in [-0.25, -0.2) is 0 Å². The summed E-state index contributed by atoms with van der Waals surface area (Å²) in [6.07, 6.45) is 4.86. The van der Waals surface area contributed by atoms with Gasteiger partial charge in [-0.3, -0.25) is 9.59 Å². The van der Waals surface area contributed by atoms with E-state index in [4.69, 9.17) is 0 Å². The van der Waals surface area contributed by atoms with Crippen LogP contribution in [0.3, 0.4) is 0 Å². The molecule has 22 heavy (non-hydrogen) atoms. The average Bonchev–Trinajstić information content (AvgIpc) is 3.13. The smallest absolute Gasteiger partial charge is 0.242 e. The molecular weight excluding hydrogens is 276 g/mol. The summed E-state index contributed by atoms with van der Waals surface area (Å²) in [4.78, 5) is 23.7. The van der Waals surface area contributed by atoms with Gasteiger partial charge in [-0.2, -0.15) is 0 Å². The number of amides is 2. The number of hydrogen-bond donors (Lipinski definition) is 2. The number of benzene rings is 1. The molecule has 3 fully saturated rings. The molecule has 4 heteroatoms. The third-order valence-electron chi connectivity index (χ3n) is 5.74. The fourth-order valence-electron chi connectivity index (χ4n) is 4.70. The predicted molar refractivity (Wildman–Crippen MR) is 83.1 cm³/mol. The van der Waals surface area contributed by atoms with Crippen molar-refractivity contribution in [3.8, 4) is 0 Å². The van der Waals surface area contributed by atoms with Crippen LogP contribution in [0, 0.1) is 11.8 Å². The van der Waals surface area contributed by atoms with Crippen molar-refractivity contribution in [3.63, 3.8) is 0 Å². The first kappa shape index (κ1) is 13.8. The normalized spacial score (nSPS) is 36.4. The minimum absolute atomic E-state index is 0.00197. The minimum atomic E-state index is -0.329. The number of carbonyl (C=O) groups excluding carboxylic acids is 2. The number of nitrogens with one attached hydrogen (secondary N) is 2. The molecule has 0 spiro atoms. The van der Waals surface area contributed by atoms with E-state index in [-0.39, 0.29) is 23.9 Å². The van der Waals surface area contributed by atoms with Crippen LogP contribution in [0.5, 0.6) is 0 Å². The van der Waals surface area contributed by atoms with Gasteiger partial charge in [-0.05, 0) is 36.7 Å². The van der Waals surface area contributed by atoms with Gasteiger partial charge in [0.1, 0.15) is 6.04 Å². The third kappa shape index (κ3) is 2.21. The SMILES string of the molecule is O=C1CC[C@H](C(=O)N[C@@H]2[C@@H]3CCC[C@H]3[C@@H]2c2ccccc2)N1. The van der Waals surface area contributed by atoms with Gasteiger partial charge >= 0.3 is 0 Å². The molecular formula is C18H22N2O2. The van der Waals surface area contributed by atoms with Crippen LogP contribution in [0.4, 0.5) is 0 Å². The Balaban J connectivity index is 1.49. The lowest BCUT2D eigenvalue weighted by molar-refractivity contribution is -0.127. The van der Waals surface area contributed by atoms with Crippen LogP contribution in [-0.4, -0.2) is 23.9 Å². The van der Waals surface area contributed by atoms with Crippen LogP contribution in [0.2, 0.25) is 0 Å². The van der Waals surface area contributed by atoms with E-state index < -0.39 is 0 Å². The molecule has 1 heterocycles. The summed E-state index contributed by atoms with van der Waals surface area (Å²) >= 11 is 0. The molecule has 4 rings (SSSR count). The first-order chi connectivity index (χ1) is 10.7. The van der Waals surface area contributed by atoms with E-state index in [0.29, 0.717) is 30.6 Å². The van der Waals surface area contributed by atoms with Crippen molar-refractivity contribution < 1.29 is 9.59 Å². The van der Waals surface area contributed by atoms with Crippen LogP contribution < -0.4 is 10.6 Å². The Morgan fingerprint density at radius 3 is 2.59 bits per heavy atom. The molecule has 1 aromatic carbocycles. The second-order valence-electron chi connectivity index (χ2n) is 6.89. The van der Waals surface area contributed by atoms with Crippen LogP contribution in [0.1, 0.15) is 43.6 Å². The van der Waals surface area contributed by atoms with Crippen molar-refractivity contribution in [2.75, 3.05) is 0 Å². The van der Waals surface area contributed by atoms with Crippen LogP contribution in [0.15, 0.2) is 30.3 Å². The van der Waals surface area contributed by atoms with Crippen molar-refractivity contribution in [1.82, 2.24) is 10.6 Å². The number of fused-ring (bicyclic) bond motifs is 1. The summed E-state index contributed by atoms with van der Waals surface area (Å²) in [6, 6.07) is 10.5. The lowest BCUT2D eigenvalue weighted by Crippen LogP contribution is -2.59. The topological polar surface area (TPSA) is 58.2 Å². The predicted octanol–water partition coefficient (Wildman–Crippen LogP) is 1.96. The van der Waals surface area contributed by atoms with Gasteiger partial charge in [0.25, 0.3) is 0 Å². The largest absolute Gasteiger partial charge is 0.351 e. The highest BCUT2D eigenvalue weighted by Crippen LogP contribution is 2.55. The molecule has 3 aliphatic rings. The van der Waals surface area contributed by atoms with E-state index in [1.54, 1.807) is 0 Å². The molecule has 1 saturated heterocycles.